The standard InChI is InChI=1S/C11H10FNO2S/c12-9-3-1-8(2-4-9)11(14)10-7-13-5-6-16(10)15/h1-4,7,13H,5-6H2. The molecule has 0 aromatic heterocycles. The first-order valence-corrected chi connectivity index (χ1v) is 6.12. The van der Waals surface area contributed by atoms with Gasteiger partial charge in [-0.3, -0.25) is 4.79 Å². The van der Waals surface area contributed by atoms with Crippen LogP contribution in [-0.2, 0) is 11.2 Å². The van der Waals surface area contributed by atoms with E-state index in [9.17, 15) is 13.7 Å². The molecule has 0 saturated heterocycles. The van der Waals surface area contributed by atoms with Crippen molar-refractivity contribution in [2.24, 2.45) is 0 Å². The van der Waals surface area contributed by atoms with Gasteiger partial charge in [0.25, 0.3) is 0 Å². The van der Waals surface area contributed by atoms with Crippen molar-refractivity contribution in [1.82, 2.24) is 5.32 Å². The van der Waals surface area contributed by atoms with Gasteiger partial charge in [-0.2, -0.15) is 0 Å². The number of hydrogen-bond donors (Lipinski definition) is 1. The van der Waals surface area contributed by atoms with Crippen molar-refractivity contribution in [3.05, 3.63) is 46.8 Å². The molecular formula is C11H10FNO2S. The average molecular weight is 239 g/mol. The molecule has 0 amide bonds. The maximum Gasteiger partial charge on any atom is 0.241 e. The van der Waals surface area contributed by atoms with Crippen LogP contribution in [0.15, 0.2) is 35.4 Å². The molecular weight excluding hydrogens is 229 g/mol. The van der Waals surface area contributed by atoms with Crippen molar-refractivity contribution in [2.45, 2.75) is 0 Å². The van der Waals surface area contributed by atoms with E-state index in [4.69, 9.17) is 0 Å². The van der Waals surface area contributed by atoms with Crippen LogP contribution in [0.4, 0.5) is 4.39 Å². The number of hydrogen-bond acceptors (Lipinski definition) is 3. The fourth-order valence-corrected chi connectivity index (χ4v) is 2.47. The highest BCUT2D eigenvalue weighted by molar-refractivity contribution is 7.96. The number of ketones is 1. The number of carbonyl (C=O) groups is 1. The zero-order chi connectivity index (χ0) is 11.5. The Morgan fingerprint density at radius 2 is 2.06 bits per heavy atom. The number of Topliss-reactive ketones (excluding diaryl/α,β-unsaturated/α-hetero) is 1. The molecule has 1 N–H and O–H groups in total. The van der Waals surface area contributed by atoms with E-state index in [1.165, 1.54) is 30.5 Å². The van der Waals surface area contributed by atoms with Crippen molar-refractivity contribution in [3.8, 4) is 0 Å². The van der Waals surface area contributed by atoms with Crippen LogP contribution in [0, 0.1) is 5.82 Å². The first-order valence-electron chi connectivity index (χ1n) is 4.80. The summed E-state index contributed by atoms with van der Waals surface area (Å²) in [5.74, 6) is -0.280. The summed E-state index contributed by atoms with van der Waals surface area (Å²) >= 11 is -1.26. The van der Waals surface area contributed by atoms with Crippen LogP contribution in [0.1, 0.15) is 10.4 Å². The molecule has 1 aliphatic rings. The second kappa shape index (κ2) is 4.67. The van der Waals surface area contributed by atoms with Crippen LogP contribution in [0.25, 0.3) is 0 Å². The van der Waals surface area contributed by atoms with E-state index in [0.29, 0.717) is 17.9 Å². The molecule has 0 saturated carbocycles. The summed E-state index contributed by atoms with van der Waals surface area (Å²) in [6.07, 6.45) is 1.48. The smallest absolute Gasteiger partial charge is 0.241 e. The largest absolute Gasteiger partial charge is 0.611 e. The number of halogens is 1. The van der Waals surface area contributed by atoms with E-state index in [2.05, 4.69) is 5.32 Å². The highest BCUT2D eigenvalue weighted by Crippen LogP contribution is 2.17. The van der Waals surface area contributed by atoms with Gasteiger partial charge in [0.05, 0.1) is 12.7 Å². The zero-order valence-electron chi connectivity index (χ0n) is 8.40. The molecule has 1 heterocycles. The third kappa shape index (κ3) is 2.25. The Bertz CT molecular complexity index is 430. The van der Waals surface area contributed by atoms with Crippen molar-refractivity contribution in [3.63, 3.8) is 0 Å². The molecule has 1 aromatic carbocycles. The summed E-state index contributed by atoms with van der Waals surface area (Å²) in [5, 5.41) is 2.88. The highest BCUT2D eigenvalue weighted by Gasteiger charge is 2.26. The summed E-state index contributed by atoms with van der Waals surface area (Å²) in [4.78, 5) is 12.1. The maximum atomic E-state index is 12.7. The van der Waals surface area contributed by atoms with E-state index in [1.54, 1.807) is 0 Å². The normalized spacial score (nSPS) is 19.9. The Hall–Kier alpha value is -1.33. The molecule has 84 valence electrons. The number of nitrogens with one attached hydrogen (secondary N) is 1. The van der Waals surface area contributed by atoms with Crippen molar-refractivity contribution < 1.29 is 13.7 Å². The summed E-state index contributed by atoms with van der Waals surface area (Å²) in [5.41, 5.74) is 0.352. The molecule has 1 unspecified atom stereocenters. The van der Waals surface area contributed by atoms with Gasteiger partial charge in [-0.25, -0.2) is 4.39 Å². The summed E-state index contributed by atoms with van der Waals surface area (Å²) < 4.78 is 24.3. The quantitative estimate of drug-likeness (QED) is 0.623. The molecule has 0 spiro atoms. The lowest BCUT2D eigenvalue weighted by atomic mass is 10.1. The van der Waals surface area contributed by atoms with Crippen LogP contribution < -0.4 is 5.32 Å². The lowest BCUT2D eigenvalue weighted by Crippen LogP contribution is -2.30. The van der Waals surface area contributed by atoms with Gasteiger partial charge < -0.3 is 9.87 Å². The number of allylic oxidation sites excluding steroid dienone is 1. The molecule has 16 heavy (non-hydrogen) atoms. The molecule has 3 nitrogen and oxygen atoms in total. The van der Waals surface area contributed by atoms with E-state index in [-0.39, 0.29) is 10.7 Å². The van der Waals surface area contributed by atoms with E-state index < -0.39 is 17.0 Å². The summed E-state index contributed by atoms with van der Waals surface area (Å²) in [6, 6.07) is 5.22. The second-order valence-corrected chi connectivity index (χ2v) is 4.89. The summed E-state index contributed by atoms with van der Waals surface area (Å²) in [7, 11) is 0. The second-order valence-electron chi connectivity index (χ2n) is 3.35. The Labute approximate surface area is 95.5 Å². The van der Waals surface area contributed by atoms with E-state index in [0.717, 1.165) is 0 Å². The minimum absolute atomic E-state index is 0.248. The number of rotatable bonds is 2. The summed E-state index contributed by atoms with van der Waals surface area (Å²) in [6.45, 7) is 0.604. The molecule has 1 atom stereocenters. The Morgan fingerprint density at radius 3 is 2.69 bits per heavy atom. The van der Waals surface area contributed by atoms with Gasteiger partial charge in [-0.15, -0.1) is 0 Å². The van der Waals surface area contributed by atoms with Crippen molar-refractivity contribution in [1.29, 1.82) is 0 Å². The van der Waals surface area contributed by atoms with Crippen molar-refractivity contribution in [2.75, 3.05) is 12.3 Å². The van der Waals surface area contributed by atoms with Crippen LogP contribution in [-0.4, -0.2) is 22.6 Å². The topological polar surface area (TPSA) is 52.2 Å². The average Bonchev–Trinajstić information content (AvgIpc) is 2.30. The number of carbonyl (C=O) groups excluding carboxylic acids is 1. The van der Waals surface area contributed by atoms with Gasteiger partial charge in [-0.05, 0) is 35.4 Å². The van der Waals surface area contributed by atoms with Gasteiger partial charge >= 0.3 is 0 Å². The molecule has 0 aliphatic carbocycles. The fraction of sp³-hybridized carbons (Fsp3) is 0.182. The number of benzene rings is 1. The van der Waals surface area contributed by atoms with Crippen LogP contribution in [0.5, 0.6) is 0 Å². The van der Waals surface area contributed by atoms with E-state index >= 15 is 0 Å². The van der Waals surface area contributed by atoms with Gasteiger partial charge in [0.1, 0.15) is 11.6 Å². The Balaban J connectivity index is 2.24. The predicted molar refractivity (Wildman–Crippen MR) is 59.8 cm³/mol. The lowest BCUT2D eigenvalue weighted by Gasteiger charge is -2.17. The lowest BCUT2D eigenvalue weighted by molar-refractivity contribution is 0.104. The molecule has 1 aliphatic heterocycles. The SMILES string of the molecule is O=C(C1=CNCC[S+]1[O-])c1ccc(F)cc1. The minimum atomic E-state index is -1.26. The highest BCUT2D eigenvalue weighted by atomic mass is 32.2. The van der Waals surface area contributed by atoms with Gasteiger partial charge in [0, 0.05) is 5.56 Å². The molecule has 1 aromatic rings. The molecule has 0 radical (unpaired) electrons. The van der Waals surface area contributed by atoms with Gasteiger partial charge in [-0.1, -0.05) is 0 Å². The third-order valence-electron chi connectivity index (χ3n) is 2.24. The molecule has 0 bridgehead atoms. The first kappa shape index (κ1) is 11.2. The van der Waals surface area contributed by atoms with Gasteiger partial charge in [0.15, 0.2) is 0 Å². The zero-order valence-corrected chi connectivity index (χ0v) is 9.22. The van der Waals surface area contributed by atoms with Crippen LogP contribution in [0.2, 0.25) is 0 Å². The maximum absolute atomic E-state index is 12.7. The molecule has 0 fully saturated rings. The fourth-order valence-electron chi connectivity index (χ4n) is 1.40. The molecule has 5 heteroatoms. The monoisotopic (exact) mass is 239 g/mol. The van der Waals surface area contributed by atoms with E-state index in [1.807, 2.05) is 0 Å². The first-order chi connectivity index (χ1) is 7.68. The predicted octanol–water partition coefficient (Wildman–Crippen LogP) is 1.20. The Morgan fingerprint density at radius 1 is 1.38 bits per heavy atom. The van der Waals surface area contributed by atoms with Crippen molar-refractivity contribution >= 4 is 17.0 Å². The van der Waals surface area contributed by atoms with Crippen LogP contribution >= 0.6 is 0 Å². The minimum Gasteiger partial charge on any atom is -0.611 e. The molecule has 2 rings (SSSR count). The third-order valence-corrected chi connectivity index (χ3v) is 3.61. The Kier molecular flexibility index (Phi) is 3.26. The van der Waals surface area contributed by atoms with Gasteiger partial charge in [0.2, 0.25) is 10.7 Å². The van der Waals surface area contributed by atoms with Crippen LogP contribution in [0.3, 0.4) is 0 Å².